The first-order valence-electron chi connectivity index (χ1n) is 7.96. The van der Waals surface area contributed by atoms with Gasteiger partial charge < -0.3 is 10.2 Å². The van der Waals surface area contributed by atoms with E-state index in [9.17, 15) is 14.4 Å². The molecule has 3 aliphatic rings. The Balaban J connectivity index is 1.73. The monoisotopic (exact) mass is 293 g/mol. The van der Waals surface area contributed by atoms with Crippen LogP contribution in [0.3, 0.4) is 0 Å². The predicted octanol–water partition coefficient (Wildman–Crippen LogP) is 1.11. The van der Waals surface area contributed by atoms with Gasteiger partial charge >= 0.3 is 6.03 Å². The van der Waals surface area contributed by atoms with Gasteiger partial charge in [0.05, 0.1) is 0 Å². The summed E-state index contributed by atoms with van der Waals surface area (Å²) in [5.74, 6) is -0.182. The fourth-order valence-electron chi connectivity index (χ4n) is 3.84. The van der Waals surface area contributed by atoms with Crippen molar-refractivity contribution in [1.82, 2.24) is 15.1 Å². The van der Waals surface area contributed by atoms with E-state index in [2.05, 4.69) is 5.32 Å². The summed E-state index contributed by atoms with van der Waals surface area (Å²) in [5.41, 5.74) is -0.763. The van der Waals surface area contributed by atoms with Gasteiger partial charge in [0.25, 0.3) is 5.91 Å². The number of hydrogen-bond donors (Lipinski definition) is 1. The highest BCUT2D eigenvalue weighted by molar-refractivity contribution is 6.09. The Kier molecular flexibility index (Phi) is 3.63. The van der Waals surface area contributed by atoms with Crippen molar-refractivity contribution in [3.05, 3.63) is 0 Å². The van der Waals surface area contributed by atoms with E-state index >= 15 is 0 Å². The molecule has 4 amide bonds. The number of nitrogens with one attached hydrogen (secondary N) is 1. The summed E-state index contributed by atoms with van der Waals surface area (Å²) in [7, 11) is 0. The molecule has 2 heterocycles. The van der Waals surface area contributed by atoms with Crippen LogP contribution in [0.4, 0.5) is 4.79 Å². The van der Waals surface area contributed by atoms with Gasteiger partial charge in [0.1, 0.15) is 12.1 Å². The number of imide groups is 1. The second-order valence-electron chi connectivity index (χ2n) is 6.53. The molecule has 0 unspecified atom stereocenters. The van der Waals surface area contributed by atoms with Crippen LogP contribution in [-0.2, 0) is 9.59 Å². The molecule has 0 aromatic rings. The van der Waals surface area contributed by atoms with E-state index in [1.165, 1.54) is 0 Å². The van der Waals surface area contributed by atoms with Crippen molar-refractivity contribution >= 4 is 17.8 Å². The van der Waals surface area contributed by atoms with Gasteiger partial charge in [-0.05, 0) is 31.6 Å². The molecule has 6 nitrogen and oxygen atoms in total. The maximum atomic E-state index is 12.7. The van der Waals surface area contributed by atoms with E-state index < -0.39 is 11.6 Å². The molecule has 1 N–H and O–H groups in total. The van der Waals surface area contributed by atoms with E-state index in [4.69, 9.17) is 0 Å². The van der Waals surface area contributed by atoms with Gasteiger partial charge in [-0.15, -0.1) is 0 Å². The third-order valence-electron chi connectivity index (χ3n) is 5.25. The number of hydrogen-bond acceptors (Lipinski definition) is 3. The zero-order valence-electron chi connectivity index (χ0n) is 12.6. The standard InChI is InChI=1S/C15H23N3O3/c1-11-6-2-3-7-15(11)13(20)18(14(21)16-15)10-12(19)17-8-4-5-9-17/h11H,2-10H2,1H3,(H,16,21)/t11-,15+/m0/s1. The molecule has 3 fully saturated rings. The van der Waals surface area contributed by atoms with Crippen LogP contribution in [0.2, 0.25) is 0 Å². The fraction of sp³-hybridized carbons (Fsp3) is 0.800. The summed E-state index contributed by atoms with van der Waals surface area (Å²) in [4.78, 5) is 40.0. The van der Waals surface area contributed by atoms with Gasteiger partial charge in [-0.2, -0.15) is 0 Å². The number of carbonyl (C=O) groups is 3. The first kappa shape index (κ1) is 14.4. The summed E-state index contributed by atoms with van der Waals surface area (Å²) < 4.78 is 0. The van der Waals surface area contributed by atoms with Crippen molar-refractivity contribution in [2.75, 3.05) is 19.6 Å². The van der Waals surface area contributed by atoms with Crippen molar-refractivity contribution < 1.29 is 14.4 Å². The quantitative estimate of drug-likeness (QED) is 0.775. The lowest BCUT2D eigenvalue weighted by Gasteiger charge is -2.36. The lowest BCUT2D eigenvalue weighted by Crippen LogP contribution is -2.54. The van der Waals surface area contributed by atoms with Gasteiger partial charge in [-0.25, -0.2) is 4.79 Å². The predicted molar refractivity (Wildman–Crippen MR) is 76.4 cm³/mol. The lowest BCUT2D eigenvalue weighted by molar-refractivity contribution is -0.140. The molecule has 21 heavy (non-hydrogen) atoms. The molecule has 0 radical (unpaired) electrons. The van der Waals surface area contributed by atoms with Gasteiger partial charge in [0.2, 0.25) is 5.91 Å². The summed E-state index contributed by atoms with van der Waals surface area (Å²) >= 11 is 0. The van der Waals surface area contributed by atoms with Crippen molar-refractivity contribution in [1.29, 1.82) is 0 Å². The molecule has 1 spiro atoms. The van der Waals surface area contributed by atoms with Crippen LogP contribution in [0, 0.1) is 5.92 Å². The molecular formula is C15H23N3O3. The SMILES string of the molecule is C[C@H]1CCCC[C@@]12NC(=O)N(CC(=O)N1CCCC1)C2=O. The van der Waals surface area contributed by atoms with Crippen molar-refractivity contribution in [2.24, 2.45) is 5.92 Å². The Morgan fingerprint density at radius 2 is 1.95 bits per heavy atom. The minimum Gasteiger partial charge on any atom is -0.341 e. The molecule has 2 saturated heterocycles. The Morgan fingerprint density at radius 3 is 2.62 bits per heavy atom. The van der Waals surface area contributed by atoms with E-state index in [1.54, 1.807) is 4.90 Å². The number of rotatable bonds is 2. The van der Waals surface area contributed by atoms with Crippen LogP contribution in [0.15, 0.2) is 0 Å². The smallest absolute Gasteiger partial charge is 0.325 e. The minimum absolute atomic E-state index is 0.112. The normalized spacial score (nSPS) is 32.9. The van der Waals surface area contributed by atoms with Crippen LogP contribution in [0.25, 0.3) is 0 Å². The van der Waals surface area contributed by atoms with E-state index in [0.717, 1.165) is 50.1 Å². The molecule has 2 atom stereocenters. The topological polar surface area (TPSA) is 69.7 Å². The Bertz CT molecular complexity index is 473. The van der Waals surface area contributed by atoms with Gasteiger partial charge in [-0.3, -0.25) is 14.5 Å². The van der Waals surface area contributed by atoms with Crippen molar-refractivity contribution in [2.45, 2.75) is 51.0 Å². The molecule has 116 valence electrons. The second kappa shape index (κ2) is 5.31. The Morgan fingerprint density at radius 1 is 1.24 bits per heavy atom. The minimum atomic E-state index is -0.763. The summed E-state index contributed by atoms with van der Waals surface area (Å²) in [6.07, 6.45) is 5.69. The van der Waals surface area contributed by atoms with Gasteiger partial charge in [0, 0.05) is 13.1 Å². The van der Waals surface area contributed by atoms with Crippen LogP contribution < -0.4 is 5.32 Å². The largest absolute Gasteiger partial charge is 0.341 e. The Labute approximate surface area is 124 Å². The van der Waals surface area contributed by atoms with Crippen LogP contribution in [0.1, 0.15) is 45.4 Å². The maximum Gasteiger partial charge on any atom is 0.325 e. The number of nitrogens with zero attached hydrogens (tertiary/aromatic N) is 2. The highest BCUT2D eigenvalue weighted by Gasteiger charge is 2.55. The average Bonchev–Trinajstić information content (AvgIpc) is 3.06. The summed E-state index contributed by atoms with van der Waals surface area (Å²) in [5, 5.41) is 2.88. The van der Waals surface area contributed by atoms with Crippen molar-refractivity contribution in [3.63, 3.8) is 0 Å². The van der Waals surface area contributed by atoms with E-state index in [0.29, 0.717) is 6.42 Å². The van der Waals surface area contributed by atoms with E-state index in [1.807, 2.05) is 6.92 Å². The molecule has 0 bridgehead atoms. The first-order chi connectivity index (χ1) is 10.0. The third-order valence-corrected chi connectivity index (χ3v) is 5.25. The van der Waals surface area contributed by atoms with Crippen LogP contribution in [0.5, 0.6) is 0 Å². The van der Waals surface area contributed by atoms with Crippen LogP contribution in [-0.4, -0.2) is 52.8 Å². The molecule has 2 aliphatic heterocycles. The summed E-state index contributed by atoms with van der Waals surface area (Å²) in [6.45, 7) is 3.39. The Hall–Kier alpha value is -1.59. The number of urea groups is 1. The average molecular weight is 293 g/mol. The summed E-state index contributed by atoms with van der Waals surface area (Å²) in [6, 6.07) is -0.402. The van der Waals surface area contributed by atoms with Crippen molar-refractivity contribution in [3.8, 4) is 0 Å². The lowest BCUT2D eigenvalue weighted by atomic mass is 9.73. The zero-order valence-corrected chi connectivity index (χ0v) is 12.6. The first-order valence-corrected chi connectivity index (χ1v) is 7.96. The third kappa shape index (κ3) is 2.30. The molecule has 3 rings (SSSR count). The zero-order chi connectivity index (χ0) is 15.0. The molecule has 1 saturated carbocycles. The molecular weight excluding hydrogens is 270 g/mol. The van der Waals surface area contributed by atoms with E-state index in [-0.39, 0.29) is 24.3 Å². The second-order valence-corrected chi connectivity index (χ2v) is 6.53. The molecule has 0 aromatic carbocycles. The van der Waals surface area contributed by atoms with Crippen LogP contribution >= 0.6 is 0 Å². The van der Waals surface area contributed by atoms with Gasteiger partial charge in [-0.1, -0.05) is 19.8 Å². The molecule has 0 aromatic heterocycles. The maximum absolute atomic E-state index is 12.7. The number of carbonyl (C=O) groups excluding carboxylic acids is 3. The highest BCUT2D eigenvalue weighted by Crippen LogP contribution is 2.38. The molecule has 1 aliphatic carbocycles. The number of amides is 4. The van der Waals surface area contributed by atoms with Gasteiger partial charge in [0.15, 0.2) is 0 Å². The fourth-order valence-corrected chi connectivity index (χ4v) is 3.84. The highest BCUT2D eigenvalue weighted by atomic mass is 16.2. The molecule has 6 heteroatoms. The number of likely N-dealkylation sites (tertiary alicyclic amines) is 1.